The summed E-state index contributed by atoms with van der Waals surface area (Å²) in [5.74, 6) is 0. The van der Waals surface area contributed by atoms with Crippen molar-refractivity contribution < 1.29 is 4.79 Å². The third-order valence-electron chi connectivity index (χ3n) is 4.41. The summed E-state index contributed by atoms with van der Waals surface area (Å²) in [6, 6.07) is 14.0. The molecule has 0 atom stereocenters. The number of anilines is 2. The second-order valence-corrected chi connectivity index (χ2v) is 6.64. The van der Waals surface area contributed by atoms with E-state index in [1.54, 1.807) is 6.07 Å². The molecule has 1 aliphatic heterocycles. The van der Waals surface area contributed by atoms with Crippen LogP contribution in [0.2, 0.25) is 5.02 Å². The van der Waals surface area contributed by atoms with Crippen molar-refractivity contribution in [1.29, 1.82) is 0 Å². The third kappa shape index (κ3) is 3.82. The van der Waals surface area contributed by atoms with Crippen molar-refractivity contribution in [3.63, 3.8) is 0 Å². The molecule has 2 aromatic carbocycles. The van der Waals surface area contributed by atoms with Gasteiger partial charge in [-0.15, -0.1) is 0 Å². The van der Waals surface area contributed by atoms with Gasteiger partial charge < -0.3 is 15.1 Å². The van der Waals surface area contributed by atoms with Crippen LogP contribution in [-0.2, 0) is 0 Å². The van der Waals surface area contributed by atoms with Gasteiger partial charge in [-0.05, 0) is 43.7 Å². The normalized spacial score (nSPS) is 14.6. The van der Waals surface area contributed by atoms with Crippen LogP contribution in [0.5, 0.6) is 0 Å². The molecule has 0 bridgehead atoms. The highest BCUT2D eigenvalue weighted by Crippen LogP contribution is 2.21. The first kappa shape index (κ1) is 16.7. The molecule has 2 amide bonds. The summed E-state index contributed by atoms with van der Waals surface area (Å²) in [5.41, 5.74) is 4.25. The zero-order valence-corrected chi connectivity index (χ0v) is 14.8. The molecule has 2 aromatic rings. The van der Waals surface area contributed by atoms with Crippen LogP contribution in [0, 0.1) is 13.8 Å². The van der Waals surface area contributed by atoms with Crippen LogP contribution in [0.25, 0.3) is 0 Å². The molecule has 0 unspecified atom stereocenters. The van der Waals surface area contributed by atoms with Gasteiger partial charge in [0.15, 0.2) is 0 Å². The molecular formula is C19H22ClN3O. The summed E-state index contributed by atoms with van der Waals surface area (Å²) in [7, 11) is 0. The zero-order valence-electron chi connectivity index (χ0n) is 14.1. The standard InChI is InChI=1S/C19H22ClN3O/c1-14-3-7-17(8-4-14)22-9-11-23(12-10-22)19(24)21-18-13-16(20)6-5-15(18)2/h3-8,13H,9-12H2,1-2H3,(H,21,24). The maximum absolute atomic E-state index is 12.5. The number of carbonyl (C=O) groups excluding carboxylic acids is 1. The Labute approximate surface area is 148 Å². The molecule has 0 radical (unpaired) electrons. The Morgan fingerprint density at radius 2 is 1.67 bits per heavy atom. The molecule has 126 valence electrons. The molecule has 3 rings (SSSR count). The quantitative estimate of drug-likeness (QED) is 0.881. The van der Waals surface area contributed by atoms with Crippen molar-refractivity contribution in [1.82, 2.24) is 4.90 Å². The average Bonchev–Trinajstić information content (AvgIpc) is 2.59. The van der Waals surface area contributed by atoms with Crippen LogP contribution in [0.4, 0.5) is 16.2 Å². The predicted molar refractivity (Wildman–Crippen MR) is 100 cm³/mol. The van der Waals surface area contributed by atoms with Gasteiger partial charge in [0.2, 0.25) is 0 Å². The second kappa shape index (κ2) is 7.14. The summed E-state index contributed by atoms with van der Waals surface area (Å²) in [6.45, 7) is 7.14. The number of benzene rings is 2. The van der Waals surface area contributed by atoms with Crippen molar-refractivity contribution >= 4 is 29.0 Å². The first-order chi connectivity index (χ1) is 11.5. The minimum atomic E-state index is -0.0658. The molecule has 5 heteroatoms. The van der Waals surface area contributed by atoms with Gasteiger partial charge in [0.05, 0.1) is 0 Å². The van der Waals surface area contributed by atoms with Gasteiger partial charge in [-0.3, -0.25) is 0 Å². The fourth-order valence-corrected chi connectivity index (χ4v) is 3.02. The topological polar surface area (TPSA) is 35.6 Å². The molecule has 24 heavy (non-hydrogen) atoms. The summed E-state index contributed by atoms with van der Waals surface area (Å²) in [6.07, 6.45) is 0. The first-order valence-electron chi connectivity index (χ1n) is 8.16. The number of piperazine rings is 1. The summed E-state index contributed by atoms with van der Waals surface area (Å²) in [4.78, 5) is 16.6. The Morgan fingerprint density at radius 1 is 1.00 bits per heavy atom. The van der Waals surface area contributed by atoms with Crippen molar-refractivity contribution in [2.75, 3.05) is 36.4 Å². The lowest BCUT2D eigenvalue weighted by molar-refractivity contribution is 0.208. The van der Waals surface area contributed by atoms with E-state index in [1.165, 1.54) is 11.3 Å². The van der Waals surface area contributed by atoms with Gasteiger partial charge in [-0.1, -0.05) is 35.4 Å². The molecule has 1 heterocycles. The third-order valence-corrected chi connectivity index (χ3v) is 4.64. The maximum atomic E-state index is 12.5. The van der Waals surface area contributed by atoms with E-state index < -0.39 is 0 Å². The smallest absolute Gasteiger partial charge is 0.321 e. The lowest BCUT2D eigenvalue weighted by Crippen LogP contribution is -2.50. The Bertz CT molecular complexity index is 722. The second-order valence-electron chi connectivity index (χ2n) is 6.20. The van der Waals surface area contributed by atoms with Gasteiger partial charge >= 0.3 is 6.03 Å². The van der Waals surface area contributed by atoms with Crippen molar-refractivity contribution in [2.45, 2.75) is 13.8 Å². The SMILES string of the molecule is Cc1ccc(N2CCN(C(=O)Nc3cc(Cl)ccc3C)CC2)cc1. The number of carbonyl (C=O) groups is 1. The number of aryl methyl sites for hydroxylation is 2. The van der Waals surface area contributed by atoms with Crippen LogP contribution in [0.15, 0.2) is 42.5 Å². The number of hydrogen-bond acceptors (Lipinski definition) is 2. The number of nitrogens with zero attached hydrogens (tertiary/aromatic N) is 2. The first-order valence-corrected chi connectivity index (χ1v) is 8.54. The average molecular weight is 344 g/mol. The predicted octanol–water partition coefficient (Wildman–Crippen LogP) is 4.31. The Kier molecular flexibility index (Phi) is 4.95. The lowest BCUT2D eigenvalue weighted by Gasteiger charge is -2.36. The summed E-state index contributed by atoms with van der Waals surface area (Å²) >= 11 is 6.01. The van der Waals surface area contributed by atoms with Crippen LogP contribution in [0.1, 0.15) is 11.1 Å². The van der Waals surface area contributed by atoms with E-state index >= 15 is 0 Å². The van der Waals surface area contributed by atoms with Crippen LogP contribution < -0.4 is 10.2 Å². The van der Waals surface area contributed by atoms with Crippen molar-refractivity contribution in [3.8, 4) is 0 Å². The highest BCUT2D eigenvalue weighted by Gasteiger charge is 2.21. The van der Waals surface area contributed by atoms with E-state index in [-0.39, 0.29) is 6.03 Å². The van der Waals surface area contributed by atoms with E-state index in [1.807, 2.05) is 24.0 Å². The summed E-state index contributed by atoms with van der Waals surface area (Å²) < 4.78 is 0. The molecular weight excluding hydrogens is 322 g/mol. The summed E-state index contributed by atoms with van der Waals surface area (Å²) in [5, 5.41) is 3.59. The van der Waals surface area contributed by atoms with Crippen molar-refractivity contribution in [2.24, 2.45) is 0 Å². The molecule has 0 aliphatic carbocycles. The van der Waals surface area contributed by atoms with Crippen LogP contribution in [0.3, 0.4) is 0 Å². The molecule has 1 saturated heterocycles. The molecule has 0 aromatic heterocycles. The van der Waals surface area contributed by atoms with E-state index in [0.717, 1.165) is 24.3 Å². The Balaban J connectivity index is 1.59. The Hall–Kier alpha value is -2.20. The lowest BCUT2D eigenvalue weighted by atomic mass is 10.2. The van der Waals surface area contributed by atoms with Crippen molar-refractivity contribution in [3.05, 3.63) is 58.6 Å². The molecule has 1 N–H and O–H groups in total. The van der Waals surface area contributed by atoms with Gasteiger partial charge in [-0.25, -0.2) is 4.79 Å². The minimum absolute atomic E-state index is 0.0658. The molecule has 0 saturated carbocycles. The molecule has 1 fully saturated rings. The molecule has 0 spiro atoms. The van der Waals surface area contributed by atoms with Crippen LogP contribution >= 0.6 is 11.6 Å². The molecule has 1 aliphatic rings. The Morgan fingerprint density at radius 3 is 2.33 bits per heavy atom. The number of halogens is 1. The highest BCUT2D eigenvalue weighted by molar-refractivity contribution is 6.31. The zero-order chi connectivity index (χ0) is 17.1. The van der Waals surface area contributed by atoms with E-state index in [2.05, 4.69) is 41.4 Å². The van der Waals surface area contributed by atoms with Gasteiger partial charge in [-0.2, -0.15) is 0 Å². The van der Waals surface area contributed by atoms with Gasteiger partial charge in [0.1, 0.15) is 0 Å². The van der Waals surface area contributed by atoms with Crippen LogP contribution in [-0.4, -0.2) is 37.1 Å². The number of hydrogen-bond donors (Lipinski definition) is 1. The highest BCUT2D eigenvalue weighted by atomic mass is 35.5. The fourth-order valence-electron chi connectivity index (χ4n) is 2.85. The minimum Gasteiger partial charge on any atom is -0.368 e. The fraction of sp³-hybridized carbons (Fsp3) is 0.316. The number of nitrogens with one attached hydrogen (secondary N) is 1. The monoisotopic (exact) mass is 343 g/mol. The van der Waals surface area contributed by atoms with E-state index in [9.17, 15) is 4.79 Å². The maximum Gasteiger partial charge on any atom is 0.321 e. The number of urea groups is 1. The van der Waals surface area contributed by atoms with Gasteiger partial charge in [0, 0.05) is 42.6 Å². The largest absolute Gasteiger partial charge is 0.368 e. The number of amides is 2. The van der Waals surface area contributed by atoms with E-state index in [0.29, 0.717) is 18.1 Å². The number of rotatable bonds is 2. The molecule has 4 nitrogen and oxygen atoms in total. The van der Waals surface area contributed by atoms with Gasteiger partial charge in [0.25, 0.3) is 0 Å². The van der Waals surface area contributed by atoms with E-state index in [4.69, 9.17) is 11.6 Å².